The van der Waals surface area contributed by atoms with Crippen LogP contribution in [0.3, 0.4) is 0 Å². The Kier molecular flexibility index (Phi) is 6.11. The molecule has 1 saturated heterocycles. The highest BCUT2D eigenvalue weighted by atomic mass is 79.9. The zero-order chi connectivity index (χ0) is 19.4. The minimum Gasteiger partial charge on any atom is -0.368 e. The maximum absolute atomic E-state index is 12.5. The Labute approximate surface area is 168 Å². The molecule has 0 unspecified atom stereocenters. The Balaban J connectivity index is 1.57. The maximum Gasteiger partial charge on any atom is 0.246 e. The summed E-state index contributed by atoms with van der Waals surface area (Å²) in [4.78, 5) is 28.0. The van der Waals surface area contributed by atoms with Crippen LogP contribution in [-0.4, -0.2) is 42.8 Å². The van der Waals surface area contributed by atoms with Crippen molar-refractivity contribution in [3.63, 3.8) is 0 Å². The van der Waals surface area contributed by atoms with Crippen molar-refractivity contribution < 1.29 is 9.59 Å². The van der Waals surface area contributed by atoms with Gasteiger partial charge in [-0.1, -0.05) is 28.1 Å². The summed E-state index contributed by atoms with van der Waals surface area (Å²) < 4.78 is 0.991. The minimum absolute atomic E-state index is 0.0362. The van der Waals surface area contributed by atoms with E-state index in [4.69, 9.17) is 0 Å². The molecule has 0 saturated carbocycles. The van der Waals surface area contributed by atoms with Gasteiger partial charge in [0.1, 0.15) is 0 Å². The molecule has 0 radical (unpaired) electrons. The molecule has 0 bridgehead atoms. The number of hydrogen-bond acceptors (Lipinski definition) is 3. The van der Waals surface area contributed by atoms with Gasteiger partial charge in [0.15, 0.2) is 5.78 Å². The van der Waals surface area contributed by atoms with Gasteiger partial charge >= 0.3 is 0 Å². The molecule has 4 nitrogen and oxygen atoms in total. The number of piperazine rings is 1. The van der Waals surface area contributed by atoms with Crippen LogP contribution in [0.4, 0.5) is 5.69 Å². The predicted octanol–water partition coefficient (Wildman–Crippen LogP) is 4.32. The number of nitrogens with zero attached hydrogens (tertiary/aromatic N) is 2. The van der Waals surface area contributed by atoms with Gasteiger partial charge in [-0.15, -0.1) is 0 Å². The van der Waals surface area contributed by atoms with Gasteiger partial charge < -0.3 is 9.80 Å². The number of amides is 1. The van der Waals surface area contributed by atoms with Crippen LogP contribution in [-0.2, 0) is 4.79 Å². The lowest BCUT2D eigenvalue weighted by Gasteiger charge is -2.35. The summed E-state index contributed by atoms with van der Waals surface area (Å²) in [6.45, 7) is 6.55. The second-order valence-corrected chi connectivity index (χ2v) is 7.63. The van der Waals surface area contributed by atoms with Crippen molar-refractivity contribution in [3.8, 4) is 0 Å². The zero-order valence-corrected chi connectivity index (χ0v) is 17.2. The van der Waals surface area contributed by atoms with E-state index in [2.05, 4.69) is 20.8 Å². The van der Waals surface area contributed by atoms with Crippen LogP contribution in [0.5, 0.6) is 0 Å². The van der Waals surface area contributed by atoms with Gasteiger partial charge in [0, 0.05) is 48.0 Å². The van der Waals surface area contributed by atoms with Crippen LogP contribution in [0, 0.1) is 6.92 Å². The molecule has 2 aromatic rings. The quantitative estimate of drug-likeness (QED) is 0.539. The molecule has 27 heavy (non-hydrogen) atoms. The summed E-state index contributed by atoms with van der Waals surface area (Å²) in [7, 11) is 0. The van der Waals surface area contributed by atoms with E-state index in [1.54, 1.807) is 13.0 Å². The number of aryl methyl sites for hydroxylation is 1. The van der Waals surface area contributed by atoms with E-state index >= 15 is 0 Å². The summed E-state index contributed by atoms with van der Waals surface area (Å²) in [5.41, 5.74) is 3.99. The Morgan fingerprint density at radius 3 is 2.26 bits per heavy atom. The van der Waals surface area contributed by atoms with Crippen LogP contribution in [0.25, 0.3) is 6.08 Å². The van der Waals surface area contributed by atoms with E-state index in [-0.39, 0.29) is 11.7 Å². The van der Waals surface area contributed by atoms with E-state index < -0.39 is 0 Å². The zero-order valence-electron chi connectivity index (χ0n) is 15.6. The van der Waals surface area contributed by atoms with Gasteiger partial charge in [-0.2, -0.15) is 0 Å². The highest BCUT2D eigenvalue weighted by Gasteiger charge is 2.20. The highest BCUT2D eigenvalue weighted by molar-refractivity contribution is 9.10. The Hall–Kier alpha value is -2.40. The first-order valence-corrected chi connectivity index (χ1v) is 9.82. The lowest BCUT2D eigenvalue weighted by atomic mass is 10.1. The van der Waals surface area contributed by atoms with E-state index in [0.29, 0.717) is 13.1 Å². The third kappa shape index (κ3) is 4.86. The van der Waals surface area contributed by atoms with Gasteiger partial charge in [0.25, 0.3) is 0 Å². The van der Waals surface area contributed by atoms with Crippen LogP contribution in [0.15, 0.2) is 53.0 Å². The van der Waals surface area contributed by atoms with Crippen molar-refractivity contribution >= 4 is 39.4 Å². The van der Waals surface area contributed by atoms with Crippen molar-refractivity contribution in [1.29, 1.82) is 0 Å². The predicted molar refractivity (Wildman–Crippen MR) is 113 cm³/mol. The fourth-order valence-electron chi connectivity index (χ4n) is 3.13. The summed E-state index contributed by atoms with van der Waals surface area (Å²) in [5.74, 6) is 0.109. The second kappa shape index (κ2) is 8.53. The molecule has 5 heteroatoms. The fourth-order valence-corrected chi connectivity index (χ4v) is 3.75. The number of benzene rings is 2. The molecule has 0 aromatic heterocycles. The summed E-state index contributed by atoms with van der Waals surface area (Å²) in [6, 6.07) is 13.7. The molecule has 1 heterocycles. The maximum atomic E-state index is 12.5. The van der Waals surface area contributed by atoms with Gasteiger partial charge in [-0.05, 0) is 61.4 Å². The van der Waals surface area contributed by atoms with Crippen molar-refractivity contribution in [2.45, 2.75) is 13.8 Å². The third-order valence-corrected chi connectivity index (χ3v) is 5.48. The monoisotopic (exact) mass is 426 g/mol. The number of Topliss-reactive ketones (excluding diaryl/α,β-unsaturated/α-hetero) is 1. The Bertz CT molecular complexity index is 866. The Morgan fingerprint density at radius 1 is 1.00 bits per heavy atom. The summed E-state index contributed by atoms with van der Waals surface area (Å²) >= 11 is 3.54. The lowest BCUT2D eigenvalue weighted by molar-refractivity contribution is -0.126. The topological polar surface area (TPSA) is 40.6 Å². The fraction of sp³-hybridized carbons (Fsp3) is 0.273. The standard InChI is InChI=1S/C22H23BrN2O2/c1-16-3-4-19(21(23)15-16)7-10-22(27)25-13-11-24(12-14-25)20-8-5-18(6-9-20)17(2)26/h3-10,15H,11-14H2,1-2H3/b10-7+. The van der Waals surface area contributed by atoms with E-state index in [9.17, 15) is 9.59 Å². The SMILES string of the molecule is CC(=O)c1ccc(N2CCN(C(=O)/C=C/c3ccc(C)cc3Br)CC2)cc1. The minimum atomic E-state index is 0.0362. The number of ketones is 1. The molecular formula is C22H23BrN2O2. The highest BCUT2D eigenvalue weighted by Crippen LogP contribution is 2.20. The average molecular weight is 427 g/mol. The molecule has 0 atom stereocenters. The number of halogens is 1. The molecule has 2 aromatic carbocycles. The van der Waals surface area contributed by atoms with Crippen molar-refractivity contribution in [3.05, 3.63) is 69.7 Å². The molecule has 3 rings (SSSR count). The number of carbonyl (C=O) groups is 2. The first-order chi connectivity index (χ1) is 12.9. The molecule has 1 aliphatic rings. The Morgan fingerprint density at radius 2 is 1.67 bits per heavy atom. The molecule has 0 spiro atoms. The smallest absolute Gasteiger partial charge is 0.246 e. The number of hydrogen-bond donors (Lipinski definition) is 0. The number of rotatable bonds is 4. The molecule has 140 valence electrons. The van der Waals surface area contributed by atoms with E-state index in [1.165, 1.54) is 5.56 Å². The van der Waals surface area contributed by atoms with Crippen molar-refractivity contribution in [2.75, 3.05) is 31.1 Å². The lowest BCUT2D eigenvalue weighted by Crippen LogP contribution is -2.48. The summed E-state index contributed by atoms with van der Waals surface area (Å²) in [5, 5.41) is 0. The first-order valence-electron chi connectivity index (χ1n) is 9.03. The van der Waals surface area contributed by atoms with Crippen LogP contribution in [0.2, 0.25) is 0 Å². The van der Waals surface area contributed by atoms with Gasteiger partial charge in [0.05, 0.1) is 0 Å². The van der Waals surface area contributed by atoms with Gasteiger partial charge in [-0.3, -0.25) is 9.59 Å². The molecule has 1 amide bonds. The number of anilines is 1. The van der Waals surface area contributed by atoms with Gasteiger partial charge in [-0.25, -0.2) is 0 Å². The molecule has 1 aliphatic heterocycles. The van der Waals surface area contributed by atoms with Crippen molar-refractivity contribution in [2.24, 2.45) is 0 Å². The molecule has 0 aliphatic carbocycles. The number of carbonyl (C=O) groups excluding carboxylic acids is 2. The van der Waals surface area contributed by atoms with Crippen LogP contribution >= 0.6 is 15.9 Å². The van der Waals surface area contributed by atoms with Crippen LogP contribution in [0.1, 0.15) is 28.4 Å². The van der Waals surface area contributed by atoms with E-state index in [1.807, 2.05) is 60.4 Å². The van der Waals surface area contributed by atoms with Crippen molar-refractivity contribution in [1.82, 2.24) is 4.90 Å². The average Bonchev–Trinajstić information content (AvgIpc) is 2.67. The largest absolute Gasteiger partial charge is 0.368 e. The molecule has 1 fully saturated rings. The second-order valence-electron chi connectivity index (χ2n) is 6.77. The van der Waals surface area contributed by atoms with Gasteiger partial charge in [0.2, 0.25) is 5.91 Å². The summed E-state index contributed by atoms with van der Waals surface area (Å²) in [6.07, 6.45) is 3.51. The molecule has 0 N–H and O–H groups in total. The van der Waals surface area contributed by atoms with E-state index in [0.717, 1.165) is 34.4 Å². The normalized spacial score (nSPS) is 14.6. The third-order valence-electron chi connectivity index (χ3n) is 4.79. The van der Waals surface area contributed by atoms with Crippen LogP contribution < -0.4 is 4.90 Å². The first kappa shape index (κ1) is 19.4. The molecular weight excluding hydrogens is 404 g/mol.